The van der Waals surface area contributed by atoms with E-state index in [0.29, 0.717) is 25.3 Å². The number of carbonyl (C=O) groups excluding carboxylic acids is 3. The van der Waals surface area contributed by atoms with Crippen LogP contribution in [-0.2, 0) is 20.8 Å². The Labute approximate surface area is 200 Å². The third-order valence-corrected chi connectivity index (χ3v) is 7.25. The molecule has 3 aliphatic heterocycles. The highest BCUT2D eigenvalue weighted by Gasteiger charge is 2.53. The molecule has 0 aliphatic carbocycles. The molecule has 176 valence electrons. The number of pyridine rings is 1. The lowest BCUT2D eigenvalue weighted by molar-refractivity contribution is -0.153. The first kappa shape index (κ1) is 22.4. The molecule has 5 heterocycles. The van der Waals surface area contributed by atoms with Gasteiger partial charge in [0.1, 0.15) is 12.4 Å². The number of hydrogen-bond acceptors (Lipinski definition) is 7. The number of piperidine rings is 1. The van der Waals surface area contributed by atoms with E-state index >= 15 is 0 Å². The fourth-order valence-corrected chi connectivity index (χ4v) is 5.21. The van der Waals surface area contributed by atoms with E-state index in [4.69, 9.17) is 5.11 Å². The van der Waals surface area contributed by atoms with Gasteiger partial charge in [0.25, 0.3) is 0 Å². The van der Waals surface area contributed by atoms with Crippen LogP contribution >= 0.6 is 11.3 Å². The summed E-state index contributed by atoms with van der Waals surface area (Å²) in [4.78, 5) is 48.9. The maximum absolute atomic E-state index is 12.7. The van der Waals surface area contributed by atoms with Gasteiger partial charge in [-0.3, -0.25) is 14.4 Å². The molecule has 3 amide bonds. The van der Waals surface area contributed by atoms with Gasteiger partial charge in [-0.25, -0.2) is 9.97 Å². The summed E-state index contributed by atoms with van der Waals surface area (Å²) >= 11 is 1.57. The number of hydrogen-bond donors (Lipinski definition) is 2. The molecule has 2 aromatic heterocycles. The number of nitrogens with one attached hydrogen (secondary N) is 1. The summed E-state index contributed by atoms with van der Waals surface area (Å²) in [6.45, 7) is 1.37. The third-order valence-electron chi connectivity index (χ3n) is 6.64. The van der Waals surface area contributed by atoms with Crippen LogP contribution in [0.15, 0.2) is 34.8 Å². The van der Waals surface area contributed by atoms with Crippen LogP contribution in [0.4, 0.5) is 5.82 Å². The van der Waals surface area contributed by atoms with Crippen LogP contribution in [0.25, 0.3) is 12.2 Å². The van der Waals surface area contributed by atoms with E-state index in [0.717, 1.165) is 29.7 Å². The van der Waals surface area contributed by atoms with Crippen LogP contribution in [0.2, 0.25) is 0 Å². The van der Waals surface area contributed by atoms with Gasteiger partial charge in [-0.05, 0) is 48.6 Å². The Morgan fingerprint density at radius 1 is 1.21 bits per heavy atom. The lowest BCUT2D eigenvalue weighted by Gasteiger charge is -2.50. The minimum atomic E-state index is -0.685. The number of carbonyl (C=O) groups is 3. The van der Waals surface area contributed by atoms with Crippen LogP contribution in [0, 0.1) is 5.41 Å². The number of aliphatic hydroxyl groups excluding tert-OH is 1. The number of aliphatic hydroxyl groups is 1. The monoisotopic (exact) mass is 479 g/mol. The molecule has 2 saturated heterocycles. The van der Waals surface area contributed by atoms with Crippen molar-refractivity contribution in [2.24, 2.45) is 5.41 Å². The minimum Gasteiger partial charge on any atom is -0.387 e. The third kappa shape index (κ3) is 4.38. The molecule has 0 unspecified atom stereocenters. The fraction of sp³-hybridized carbons (Fsp3) is 0.375. The summed E-state index contributed by atoms with van der Waals surface area (Å²) < 4.78 is 0. The highest BCUT2D eigenvalue weighted by Crippen LogP contribution is 2.40. The zero-order valence-corrected chi connectivity index (χ0v) is 19.4. The molecule has 9 nitrogen and oxygen atoms in total. The molecule has 0 atom stereocenters. The number of aromatic nitrogens is 2. The van der Waals surface area contributed by atoms with E-state index in [1.807, 2.05) is 21.9 Å². The van der Waals surface area contributed by atoms with E-state index in [1.165, 1.54) is 10.5 Å². The molecule has 3 aliphatic rings. The van der Waals surface area contributed by atoms with E-state index in [9.17, 15) is 14.4 Å². The number of thiazole rings is 1. The standard InChI is InChI=1S/C24H25N5O4S/c30-11-21(32)29-13-24(14-29)9-18-7-17(10-25-22(18)27-23(24)33)1-2-20(31)28-5-3-16(4-6-28)8-19-12-34-15-26-19/h1-2,7-8,10,12,15,30H,3-6,9,11,13-14H2,(H,25,27,33). The Morgan fingerprint density at radius 3 is 2.71 bits per heavy atom. The predicted octanol–water partition coefficient (Wildman–Crippen LogP) is 1.57. The van der Waals surface area contributed by atoms with Gasteiger partial charge in [0.15, 0.2) is 0 Å². The Kier molecular flexibility index (Phi) is 6.01. The van der Waals surface area contributed by atoms with Crippen molar-refractivity contribution in [3.05, 3.63) is 51.6 Å². The van der Waals surface area contributed by atoms with Gasteiger partial charge in [-0.1, -0.05) is 5.57 Å². The van der Waals surface area contributed by atoms with Crippen LogP contribution in [-0.4, -0.2) is 75.4 Å². The molecule has 34 heavy (non-hydrogen) atoms. The smallest absolute Gasteiger partial charge is 0.248 e. The van der Waals surface area contributed by atoms with Gasteiger partial charge >= 0.3 is 0 Å². The molecule has 2 aromatic rings. The van der Waals surface area contributed by atoms with Gasteiger partial charge < -0.3 is 20.2 Å². The molecular weight excluding hydrogens is 454 g/mol. The fourth-order valence-electron chi connectivity index (χ4n) is 4.70. The molecule has 5 rings (SSSR count). The maximum atomic E-state index is 12.7. The zero-order valence-electron chi connectivity index (χ0n) is 18.6. The lowest BCUT2D eigenvalue weighted by atomic mass is 9.72. The summed E-state index contributed by atoms with van der Waals surface area (Å²) in [5.41, 5.74) is 5.08. The van der Waals surface area contributed by atoms with Gasteiger partial charge in [0.05, 0.1) is 16.6 Å². The highest BCUT2D eigenvalue weighted by molar-refractivity contribution is 7.07. The average molecular weight is 480 g/mol. The van der Waals surface area contributed by atoms with Crippen molar-refractivity contribution in [1.29, 1.82) is 0 Å². The molecule has 2 N–H and O–H groups in total. The molecular formula is C24H25N5O4S. The number of rotatable bonds is 4. The molecule has 0 radical (unpaired) electrons. The Bertz CT molecular complexity index is 1170. The number of anilines is 1. The minimum absolute atomic E-state index is 0.0349. The second-order valence-electron chi connectivity index (χ2n) is 8.97. The first-order valence-corrected chi connectivity index (χ1v) is 12.1. The van der Waals surface area contributed by atoms with E-state index < -0.39 is 12.0 Å². The zero-order chi connectivity index (χ0) is 23.7. The van der Waals surface area contributed by atoms with Gasteiger partial charge in [0.2, 0.25) is 17.7 Å². The molecule has 10 heteroatoms. The van der Waals surface area contributed by atoms with Crippen molar-refractivity contribution < 1.29 is 19.5 Å². The number of amides is 3. The van der Waals surface area contributed by atoms with Crippen molar-refractivity contribution in [2.75, 3.05) is 38.1 Å². The summed E-state index contributed by atoms with van der Waals surface area (Å²) in [6.07, 6.45) is 9.21. The molecule has 2 fully saturated rings. The van der Waals surface area contributed by atoms with Crippen molar-refractivity contribution in [3.63, 3.8) is 0 Å². The van der Waals surface area contributed by atoms with E-state index in [-0.39, 0.29) is 30.8 Å². The Morgan fingerprint density at radius 2 is 2.00 bits per heavy atom. The lowest BCUT2D eigenvalue weighted by Crippen LogP contribution is -2.66. The number of fused-ring (bicyclic) bond motifs is 1. The van der Waals surface area contributed by atoms with Crippen molar-refractivity contribution >= 4 is 47.0 Å². The van der Waals surface area contributed by atoms with Crippen LogP contribution in [0.5, 0.6) is 0 Å². The summed E-state index contributed by atoms with van der Waals surface area (Å²) in [5.74, 6) is -0.0453. The van der Waals surface area contributed by atoms with Crippen LogP contribution < -0.4 is 5.32 Å². The van der Waals surface area contributed by atoms with Gasteiger partial charge in [0, 0.05) is 43.8 Å². The number of nitrogens with zero attached hydrogens (tertiary/aromatic N) is 4. The second kappa shape index (κ2) is 9.11. The Hall–Kier alpha value is -3.37. The molecule has 0 aromatic carbocycles. The van der Waals surface area contributed by atoms with Crippen molar-refractivity contribution in [2.45, 2.75) is 19.3 Å². The summed E-state index contributed by atoms with van der Waals surface area (Å²) in [6, 6.07) is 1.93. The summed E-state index contributed by atoms with van der Waals surface area (Å²) in [5, 5.41) is 13.9. The number of likely N-dealkylation sites (tertiary alicyclic amines) is 2. The van der Waals surface area contributed by atoms with Crippen LogP contribution in [0.1, 0.15) is 29.7 Å². The van der Waals surface area contributed by atoms with E-state index in [1.54, 1.807) is 29.7 Å². The average Bonchev–Trinajstić information content (AvgIpc) is 3.33. The maximum Gasteiger partial charge on any atom is 0.248 e. The van der Waals surface area contributed by atoms with Gasteiger partial charge in [-0.2, -0.15) is 0 Å². The predicted molar refractivity (Wildman–Crippen MR) is 128 cm³/mol. The second-order valence-corrected chi connectivity index (χ2v) is 9.69. The largest absolute Gasteiger partial charge is 0.387 e. The topological polar surface area (TPSA) is 116 Å². The normalized spacial score (nSPS) is 19.1. The Balaban J connectivity index is 1.20. The first-order chi connectivity index (χ1) is 16.5. The van der Waals surface area contributed by atoms with Crippen LogP contribution in [0.3, 0.4) is 0 Å². The molecule has 0 saturated carbocycles. The quantitative estimate of drug-likeness (QED) is 0.644. The SMILES string of the molecule is O=C(C=Cc1cnc2c(c1)CC1(CN(C(=O)CO)C1)C(=O)N2)N1CCC(=Cc2cscn2)CC1. The molecule has 1 spiro atoms. The van der Waals surface area contributed by atoms with Crippen molar-refractivity contribution in [1.82, 2.24) is 19.8 Å². The molecule has 0 bridgehead atoms. The summed E-state index contributed by atoms with van der Waals surface area (Å²) in [7, 11) is 0. The van der Waals surface area contributed by atoms with Crippen molar-refractivity contribution in [3.8, 4) is 0 Å². The first-order valence-electron chi connectivity index (χ1n) is 11.2. The highest BCUT2D eigenvalue weighted by atomic mass is 32.1. The van der Waals surface area contributed by atoms with Gasteiger partial charge in [-0.15, -0.1) is 11.3 Å². The van der Waals surface area contributed by atoms with E-state index in [2.05, 4.69) is 21.4 Å².